The van der Waals surface area contributed by atoms with E-state index in [4.69, 9.17) is 0 Å². The van der Waals surface area contributed by atoms with Gasteiger partial charge in [-0.05, 0) is 58.8 Å². The van der Waals surface area contributed by atoms with Crippen LogP contribution in [-0.4, -0.2) is 43.1 Å². The fourth-order valence-corrected chi connectivity index (χ4v) is 7.11. The second-order valence-corrected chi connectivity index (χ2v) is 12.8. The zero-order valence-electron chi connectivity index (χ0n) is 22.9. The van der Waals surface area contributed by atoms with Gasteiger partial charge in [-0.2, -0.15) is 0 Å². The maximum Gasteiger partial charge on any atom is 0.234 e. The predicted octanol–water partition coefficient (Wildman–Crippen LogP) is 6.77. The molecule has 2 aromatic heterocycles. The highest BCUT2D eigenvalue weighted by atomic mass is 32.2. The van der Waals surface area contributed by atoms with Crippen molar-refractivity contribution in [2.75, 3.05) is 22.1 Å². The van der Waals surface area contributed by atoms with Gasteiger partial charge in [0.2, 0.25) is 11.8 Å². The number of carbonyl (C=O) groups is 2. The number of thioether (sulfide) groups is 2. The number of aromatic nitrogens is 4. The summed E-state index contributed by atoms with van der Waals surface area (Å²) in [7, 11) is 1.92. The lowest BCUT2D eigenvalue weighted by molar-refractivity contribution is -0.114. The SMILES string of the molecule is Cn1c(Cc2cccc3ccccc23)nnc1SCC(=O)Nc1ccc2nc(SCC(=O)Nc3ccc(F)cc3)sc2c1. The number of thiazole rings is 1. The van der Waals surface area contributed by atoms with Crippen LogP contribution in [0.3, 0.4) is 0 Å². The van der Waals surface area contributed by atoms with E-state index >= 15 is 0 Å². The van der Waals surface area contributed by atoms with E-state index in [2.05, 4.69) is 50.1 Å². The molecule has 12 heteroatoms. The monoisotopic (exact) mass is 628 g/mol. The summed E-state index contributed by atoms with van der Waals surface area (Å²) in [6.45, 7) is 0. The minimum atomic E-state index is -0.358. The molecule has 0 spiro atoms. The van der Waals surface area contributed by atoms with E-state index in [9.17, 15) is 14.0 Å². The Balaban J connectivity index is 1.02. The van der Waals surface area contributed by atoms with E-state index in [1.54, 1.807) is 0 Å². The second kappa shape index (κ2) is 12.9. The normalized spacial score (nSPS) is 11.2. The molecule has 0 saturated heterocycles. The quantitative estimate of drug-likeness (QED) is 0.162. The van der Waals surface area contributed by atoms with Crippen molar-refractivity contribution < 1.29 is 14.0 Å². The number of hydrogen-bond acceptors (Lipinski definition) is 8. The summed E-state index contributed by atoms with van der Waals surface area (Å²) >= 11 is 4.11. The highest BCUT2D eigenvalue weighted by Gasteiger charge is 2.14. The molecule has 2 amide bonds. The zero-order chi connectivity index (χ0) is 29.8. The van der Waals surface area contributed by atoms with Crippen molar-refractivity contribution in [1.82, 2.24) is 19.7 Å². The average Bonchev–Trinajstić information content (AvgIpc) is 3.58. The standard InChI is InChI=1S/C31H25FN6O2S3/c1-38-27(15-20-7-4-6-19-5-2-3-8-24(19)20)36-37-30(38)41-17-28(39)34-23-13-14-25-26(16-23)43-31(35-25)42-18-29(40)33-22-11-9-21(32)10-12-22/h2-14,16H,15,17-18H2,1H3,(H,33,40)(H,34,39). The average molecular weight is 629 g/mol. The maximum absolute atomic E-state index is 13.1. The number of nitrogens with zero attached hydrogens (tertiary/aromatic N) is 4. The van der Waals surface area contributed by atoms with Gasteiger partial charge in [-0.15, -0.1) is 21.5 Å². The first-order valence-electron chi connectivity index (χ1n) is 13.3. The highest BCUT2D eigenvalue weighted by molar-refractivity contribution is 8.01. The van der Waals surface area contributed by atoms with Gasteiger partial charge in [0, 0.05) is 24.8 Å². The molecule has 0 aliphatic carbocycles. The summed E-state index contributed by atoms with van der Waals surface area (Å²) in [4.78, 5) is 29.6. The Kier molecular flexibility index (Phi) is 8.68. The van der Waals surface area contributed by atoms with Crippen LogP contribution in [0.25, 0.3) is 21.0 Å². The Bertz CT molecular complexity index is 1930. The van der Waals surface area contributed by atoms with Gasteiger partial charge in [0.05, 0.1) is 21.7 Å². The third-order valence-corrected chi connectivity index (χ3v) is 9.77. The Hall–Kier alpha value is -4.26. The maximum atomic E-state index is 13.1. The second-order valence-electron chi connectivity index (χ2n) is 9.62. The smallest absolute Gasteiger partial charge is 0.234 e. The van der Waals surface area contributed by atoms with Crippen LogP contribution in [0.2, 0.25) is 0 Å². The number of benzene rings is 4. The summed E-state index contributed by atoms with van der Waals surface area (Å²) < 4.78 is 16.6. The molecule has 0 atom stereocenters. The van der Waals surface area contributed by atoms with Crippen molar-refractivity contribution in [2.45, 2.75) is 15.9 Å². The van der Waals surface area contributed by atoms with Gasteiger partial charge >= 0.3 is 0 Å². The summed E-state index contributed by atoms with van der Waals surface area (Å²) in [5.41, 5.74) is 3.17. The van der Waals surface area contributed by atoms with Crippen LogP contribution in [0.1, 0.15) is 11.4 Å². The van der Waals surface area contributed by atoms with Crippen LogP contribution in [0.15, 0.2) is 94.4 Å². The van der Waals surface area contributed by atoms with E-state index < -0.39 is 0 Å². The number of carbonyl (C=O) groups excluding carboxylic acids is 2. The minimum absolute atomic E-state index is 0.153. The summed E-state index contributed by atoms with van der Waals surface area (Å²) in [5, 5.41) is 17.4. The molecule has 2 N–H and O–H groups in total. The Labute approximate surface area is 259 Å². The molecule has 0 fully saturated rings. The van der Waals surface area contributed by atoms with Crippen molar-refractivity contribution in [3.05, 3.63) is 102 Å². The Morgan fingerprint density at radius 1 is 0.860 bits per heavy atom. The van der Waals surface area contributed by atoms with E-state index in [0.717, 1.165) is 20.4 Å². The molecule has 4 aromatic carbocycles. The molecule has 0 aliphatic rings. The molecule has 0 unspecified atom stereocenters. The number of fused-ring (bicyclic) bond motifs is 2. The Morgan fingerprint density at radius 3 is 2.42 bits per heavy atom. The summed E-state index contributed by atoms with van der Waals surface area (Å²) in [5.74, 6) is 0.472. The molecule has 8 nitrogen and oxygen atoms in total. The number of nitrogens with one attached hydrogen (secondary N) is 2. The summed E-state index contributed by atoms with van der Waals surface area (Å²) in [6.07, 6.45) is 0.645. The predicted molar refractivity (Wildman–Crippen MR) is 172 cm³/mol. The van der Waals surface area contributed by atoms with E-state index in [-0.39, 0.29) is 29.1 Å². The topological polar surface area (TPSA) is 102 Å². The van der Waals surface area contributed by atoms with E-state index in [1.165, 1.54) is 75.5 Å². The van der Waals surface area contributed by atoms with Gasteiger partial charge in [-0.25, -0.2) is 9.37 Å². The number of anilines is 2. The molecular formula is C31H25FN6O2S3. The summed E-state index contributed by atoms with van der Waals surface area (Å²) in [6, 6.07) is 25.7. The number of rotatable bonds is 10. The van der Waals surface area contributed by atoms with Crippen LogP contribution in [-0.2, 0) is 23.1 Å². The molecule has 43 heavy (non-hydrogen) atoms. The molecule has 6 rings (SSSR count). The largest absolute Gasteiger partial charge is 0.325 e. The number of halogens is 1. The van der Waals surface area contributed by atoms with Crippen molar-refractivity contribution >= 4 is 79.0 Å². The van der Waals surface area contributed by atoms with Crippen LogP contribution >= 0.6 is 34.9 Å². The molecule has 0 radical (unpaired) electrons. The first kappa shape index (κ1) is 28.8. The Morgan fingerprint density at radius 2 is 1.58 bits per heavy atom. The molecule has 0 aliphatic heterocycles. The van der Waals surface area contributed by atoms with Crippen molar-refractivity contribution in [2.24, 2.45) is 7.05 Å². The first-order valence-corrected chi connectivity index (χ1v) is 16.1. The van der Waals surface area contributed by atoms with Gasteiger partial charge in [-0.1, -0.05) is 66.0 Å². The number of hydrogen-bond donors (Lipinski definition) is 2. The van der Waals surface area contributed by atoms with Crippen LogP contribution < -0.4 is 10.6 Å². The lowest BCUT2D eigenvalue weighted by atomic mass is 10.0. The van der Waals surface area contributed by atoms with Crippen LogP contribution in [0, 0.1) is 5.82 Å². The lowest BCUT2D eigenvalue weighted by Crippen LogP contribution is -2.14. The van der Waals surface area contributed by atoms with Crippen molar-refractivity contribution in [3.8, 4) is 0 Å². The van der Waals surface area contributed by atoms with Crippen LogP contribution in [0.4, 0.5) is 15.8 Å². The third-order valence-electron chi connectivity index (χ3n) is 6.59. The molecular weight excluding hydrogens is 604 g/mol. The fraction of sp³-hybridized carbons (Fsp3) is 0.129. The van der Waals surface area contributed by atoms with Gasteiger partial charge in [0.1, 0.15) is 11.6 Å². The molecule has 2 heterocycles. The number of amides is 2. The third kappa shape index (κ3) is 7.04. The van der Waals surface area contributed by atoms with Crippen molar-refractivity contribution in [1.29, 1.82) is 0 Å². The van der Waals surface area contributed by atoms with Gasteiger partial charge in [-0.3, -0.25) is 9.59 Å². The zero-order valence-corrected chi connectivity index (χ0v) is 25.4. The highest BCUT2D eigenvalue weighted by Crippen LogP contribution is 2.31. The molecule has 6 aromatic rings. The van der Waals surface area contributed by atoms with Crippen LogP contribution in [0.5, 0.6) is 0 Å². The molecule has 0 saturated carbocycles. The lowest BCUT2D eigenvalue weighted by Gasteiger charge is -2.07. The van der Waals surface area contributed by atoms with E-state index in [0.29, 0.717) is 23.0 Å². The molecule has 0 bridgehead atoms. The van der Waals surface area contributed by atoms with E-state index in [1.807, 2.05) is 48.0 Å². The fourth-order valence-electron chi connectivity index (χ4n) is 4.47. The van der Waals surface area contributed by atoms with Crippen molar-refractivity contribution in [3.63, 3.8) is 0 Å². The first-order chi connectivity index (χ1) is 20.9. The minimum Gasteiger partial charge on any atom is -0.325 e. The van der Waals surface area contributed by atoms with Gasteiger partial charge in [0.25, 0.3) is 0 Å². The van der Waals surface area contributed by atoms with Gasteiger partial charge < -0.3 is 15.2 Å². The molecule has 216 valence electrons. The van der Waals surface area contributed by atoms with Gasteiger partial charge in [0.15, 0.2) is 9.50 Å².